The molecule has 0 radical (unpaired) electrons. The Bertz CT molecular complexity index is 1170. The maximum atomic E-state index is 12.7. The first-order valence-corrected chi connectivity index (χ1v) is 9.91. The van der Waals surface area contributed by atoms with Crippen molar-refractivity contribution in [1.82, 2.24) is 4.98 Å². The summed E-state index contributed by atoms with van der Waals surface area (Å²) in [7, 11) is 0. The fourth-order valence-corrected chi connectivity index (χ4v) is 4.45. The van der Waals surface area contributed by atoms with E-state index in [1.54, 1.807) is 18.0 Å². The van der Waals surface area contributed by atoms with Gasteiger partial charge in [-0.15, -0.1) is 0 Å². The minimum atomic E-state index is -0.109. The predicted octanol–water partition coefficient (Wildman–Crippen LogP) is 5.70. The van der Waals surface area contributed by atoms with E-state index in [1.165, 1.54) is 0 Å². The molecule has 0 fully saturated rings. The monoisotopic (exact) mass is 383 g/mol. The maximum absolute atomic E-state index is 12.7. The Hall–Kier alpha value is -3.31. The summed E-state index contributed by atoms with van der Waals surface area (Å²) >= 11 is 1.73. The number of hydrogen-bond acceptors (Lipinski definition) is 4. The van der Waals surface area contributed by atoms with Crippen LogP contribution in [0.25, 0.3) is 10.8 Å². The Morgan fingerprint density at radius 2 is 1.86 bits per heavy atom. The average Bonchev–Trinajstić information content (AvgIpc) is 3.18. The zero-order valence-electron chi connectivity index (χ0n) is 14.9. The highest BCUT2D eigenvalue weighted by molar-refractivity contribution is 8.00. The topological polar surface area (TPSA) is 54.0 Å². The Morgan fingerprint density at radius 3 is 2.75 bits per heavy atom. The van der Waals surface area contributed by atoms with Gasteiger partial charge in [-0.1, -0.05) is 54.2 Å². The summed E-state index contributed by atoms with van der Waals surface area (Å²) in [4.78, 5) is 18.0. The summed E-state index contributed by atoms with van der Waals surface area (Å²) in [5.41, 5.74) is 3.64. The Labute approximate surface area is 167 Å². The van der Waals surface area contributed by atoms with Crippen molar-refractivity contribution in [3.05, 3.63) is 96.3 Å². The highest BCUT2D eigenvalue weighted by Gasteiger charge is 2.23. The highest BCUT2D eigenvalue weighted by Crippen LogP contribution is 2.46. The van der Waals surface area contributed by atoms with Crippen LogP contribution >= 0.6 is 11.8 Å². The van der Waals surface area contributed by atoms with Gasteiger partial charge in [0.2, 0.25) is 0 Å². The molecule has 0 bridgehead atoms. The van der Waals surface area contributed by atoms with Crippen LogP contribution < -0.4 is 10.6 Å². The van der Waals surface area contributed by atoms with Gasteiger partial charge in [-0.05, 0) is 46.7 Å². The molecule has 5 rings (SSSR count). The fraction of sp³-hybridized carbons (Fsp3) is 0.0435. The number of carbonyl (C=O) groups is 1. The van der Waals surface area contributed by atoms with Crippen molar-refractivity contribution in [2.45, 2.75) is 10.3 Å². The van der Waals surface area contributed by atoms with Gasteiger partial charge in [0.05, 0.1) is 10.6 Å². The lowest BCUT2D eigenvalue weighted by molar-refractivity contribution is 0.102. The molecule has 1 atom stereocenters. The van der Waals surface area contributed by atoms with Crippen LogP contribution in [-0.2, 0) is 0 Å². The molecule has 3 aromatic carbocycles. The van der Waals surface area contributed by atoms with Crippen LogP contribution in [-0.4, -0.2) is 10.9 Å². The number of pyridine rings is 1. The van der Waals surface area contributed by atoms with E-state index in [0.717, 1.165) is 32.6 Å². The van der Waals surface area contributed by atoms with Crippen molar-refractivity contribution in [2.75, 3.05) is 10.6 Å². The van der Waals surface area contributed by atoms with Crippen LogP contribution in [0.5, 0.6) is 0 Å². The minimum absolute atomic E-state index is 0.108. The van der Waals surface area contributed by atoms with Crippen molar-refractivity contribution >= 4 is 39.8 Å². The van der Waals surface area contributed by atoms with Crippen molar-refractivity contribution < 1.29 is 4.79 Å². The predicted molar refractivity (Wildman–Crippen MR) is 115 cm³/mol. The second-order valence-corrected chi connectivity index (χ2v) is 7.80. The Kier molecular flexibility index (Phi) is 4.22. The molecule has 4 nitrogen and oxygen atoms in total. The Balaban J connectivity index is 1.36. The van der Waals surface area contributed by atoms with Gasteiger partial charge >= 0.3 is 0 Å². The van der Waals surface area contributed by atoms with Crippen LogP contribution in [0.2, 0.25) is 0 Å². The van der Waals surface area contributed by atoms with E-state index in [4.69, 9.17) is 0 Å². The van der Waals surface area contributed by atoms with Gasteiger partial charge in [0.15, 0.2) is 0 Å². The van der Waals surface area contributed by atoms with E-state index in [1.807, 2.05) is 72.9 Å². The number of hydrogen-bond donors (Lipinski definition) is 2. The molecule has 4 aromatic rings. The Morgan fingerprint density at radius 1 is 0.964 bits per heavy atom. The average molecular weight is 383 g/mol. The SMILES string of the molecule is O=C(Nc1cccc(C2Nc3ccncc3S2)c1)c1ccc2ccccc2c1. The third kappa shape index (κ3) is 3.21. The second-order valence-electron chi connectivity index (χ2n) is 6.66. The van der Waals surface area contributed by atoms with Crippen LogP contribution in [0.4, 0.5) is 11.4 Å². The number of thioether (sulfide) groups is 1. The zero-order valence-corrected chi connectivity index (χ0v) is 15.7. The number of benzene rings is 3. The third-order valence-corrected chi connectivity index (χ3v) is 5.98. The van der Waals surface area contributed by atoms with Gasteiger partial charge in [-0.3, -0.25) is 9.78 Å². The second kappa shape index (κ2) is 7.02. The zero-order chi connectivity index (χ0) is 18.9. The van der Waals surface area contributed by atoms with Gasteiger partial charge in [0, 0.05) is 23.6 Å². The van der Waals surface area contributed by atoms with Gasteiger partial charge in [0.25, 0.3) is 5.91 Å². The molecule has 2 N–H and O–H groups in total. The van der Waals surface area contributed by atoms with Crippen LogP contribution in [0.1, 0.15) is 21.3 Å². The normalized spacial score (nSPS) is 15.1. The number of carbonyl (C=O) groups excluding carboxylic acids is 1. The summed E-state index contributed by atoms with van der Waals surface area (Å²) in [6.45, 7) is 0. The molecular weight excluding hydrogens is 366 g/mol. The van der Waals surface area contributed by atoms with E-state index in [9.17, 15) is 4.79 Å². The van der Waals surface area contributed by atoms with E-state index in [-0.39, 0.29) is 11.3 Å². The summed E-state index contributed by atoms with van der Waals surface area (Å²) < 4.78 is 0. The maximum Gasteiger partial charge on any atom is 0.255 e. The van der Waals surface area contributed by atoms with Crippen molar-refractivity contribution in [3.63, 3.8) is 0 Å². The first-order chi connectivity index (χ1) is 13.8. The first-order valence-electron chi connectivity index (χ1n) is 9.04. The standard InChI is InChI=1S/C23H17N3OS/c27-22(17-9-8-15-4-1-2-5-16(15)12-17)25-19-7-3-6-18(13-19)23-26-20-10-11-24-14-21(20)28-23/h1-14,23,26H,(H,25,27). The molecule has 136 valence electrons. The molecule has 1 aromatic heterocycles. The smallest absolute Gasteiger partial charge is 0.255 e. The number of nitrogens with zero attached hydrogens (tertiary/aromatic N) is 1. The summed E-state index contributed by atoms with van der Waals surface area (Å²) in [5.74, 6) is -0.109. The number of fused-ring (bicyclic) bond motifs is 2. The van der Waals surface area contributed by atoms with E-state index in [2.05, 4.69) is 21.7 Å². The molecule has 28 heavy (non-hydrogen) atoms. The van der Waals surface area contributed by atoms with Crippen LogP contribution in [0.3, 0.4) is 0 Å². The molecule has 1 amide bonds. The lowest BCUT2D eigenvalue weighted by atomic mass is 10.1. The molecule has 0 spiro atoms. The summed E-state index contributed by atoms with van der Waals surface area (Å²) in [6, 6.07) is 23.7. The minimum Gasteiger partial charge on any atom is -0.368 e. The van der Waals surface area contributed by atoms with Gasteiger partial charge in [-0.25, -0.2) is 0 Å². The van der Waals surface area contributed by atoms with Gasteiger partial charge < -0.3 is 10.6 Å². The molecule has 1 unspecified atom stereocenters. The van der Waals surface area contributed by atoms with E-state index in [0.29, 0.717) is 5.56 Å². The lowest BCUT2D eigenvalue weighted by Gasteiger charge is -2.13. The van der Waals surface area contributed by atoms with Crippen molar-refractivity contribution in [1.29, 1.82) is 0 Å². The van der Waals surface area contributed by atoms with E-state index < -0.39 is 0 Å². The number of aromatic nitrogens is 1. The molecule has 1 aliphatic rings. The first kappa shape index (κ1) is 16.8. The van der Waals surface area contributed by atoms with Crippen molar-refractivity contribution in [2.24, 2.45) is 0 Å². The van der Waals surface area contributed by atoms with Crippen LogP contribution in [0.15, 0.2) is 90.1 Å². The largest absolute Gasteiger partial charge is 0.368 e. The van der Waals surface area contributed by atoms with Gasteiger partial charge in [0.1, 0.15) is 5.37 Å². The summed E-state index contributed by atoms with van der Waals surface area (Å²) in [5, 5.41) is 8.80. The fourth-order valence-electron chi connectivity index (χ4n) is 3.36. The number of nitrogens with one attached hydrogen (secondary N) is 2. The summed E-state index contributed by atoms with van der Waals surface area (Å²) in [6.07, 6.45) is 3.66. The highest BCUT2D eigenvalue weighted by atomic mass is 32.2. The quantitative estimate of drug-likeness (QED) is 0.476. The molecule has 1 aliphatic heterocycles. The molecule has 0 saturated heterocycles. The number of anilines is 2. The van der Waals surface area contributed by atoms with Crippen LogP contribution in [0, 0.1) is 0 Å². The number of amides is 1. The third-order valence-electron chi connectivity index (χ3n) is 4.77. The molecular formula is C23H17N3OS. The molecule has 5 heteroatoms. The molecule has 0 aliphatic carbocycles. The van der Waals surface area contributed by atoms with Crippen molar-refractivity contribution in [3.8, 4) is 0 Å². The number of rotatable bonds is 3. The molecule has 2 heterocycles. The lowest BCUT2D eigenvalue weighted by Crippen LogP contribution is -2.12. The van der Waals surface area contributed by atoms with E-state index >= 15 is 0 Å². The van der Waals surface area contributed by atoms with Gasteiger partial charge in [-0.2, -0.15) is 0 Å². The molecule has 0 saturated carbocycles.